The summed E-state index contributed by atoms with van der Waals surface area (Å²) in [6.45, 7) is 12.0. The van der Waals surface area contributed by atoms with Gasteiger partial charge < -0.3 is 0 Å². The highest BCUT2D eigenvalue weighted by atomic mass is 32.2. The Morgan fingerprint density at radius 1 is 0.973 bits per heavy atom. The third kappa shape index (κ3) is 5.72. The predicted octanol–water partition coefficient (Wildman–Crippen LogP) is 6.12. The maximum absolute atomic E-state index is 13.8. The van der Waals surface area contributed by atoms with E-state index in [-0.39, 0.29) is 23.9 Å². The van der Waals surface area contributed by atoms with Crippen LogP contribution in [0.25, 0.3) is 10.2 Å². The van der Waals surface area contributed by atoms with Gasteiger partial charge in [0.1, 0.15) is 0 Å². The molecule has 1 aromatic heterocycles. The van der Waals surface area contributed by atoms with Crippen molar-refractivity contribution < 1.29 is 13.2 Å². The van der Waals surface area contributed by atoms with Gasteiger partial charge in [-0.25, -0.2) is 13.4 Å². The average molecular weight is 532 g/mol. The van der Waals surface area contributed by atoms with E-state index in [2.05, 4.69) is 25.3 Å². The number of aryl methyl sites for hydroxylation is 2. The molecule has 8 heteroatoms. The quantitative estimate of drug-likeness (QED) is 0.231. The molecule has 1 amide bonds. The Labute approximate surface area is 222 Å². The molecule has 4 rings (SSSR count). The fourth-order valence-corrected chi connectivity index (χ4v) is 6.62. The Morgan fingerprint density at radius 2 is 1.62 bits per heavy atom. The summed E-state index contributed by atoms with van der Waals surface area (Å²) in [7, 11) is -3.76. The molecule has 0 aliphatic carbocycles. The normalized spacial score (nSPS) is 11.5. The number of fused-ring (bicyclic) bond motifs is 1. The number of rotatable bonds is 10. The maximum Gasteiger partial charge on any atom is 0.260 e. The summed E-state index contributed by atoms with van der Waals surface area (Å²) < 4.78 is 28.4. The molecule has 0 saturated carbocycles. The minimum absolute atomic E-state index is 0.105. The van der Waals surface area contributed by atoms with E-state index in [1.54, 1.807) is 17.0 Å². The zero-order valence-electron chi connectivity index (χ0n) is 20.9. The molecule has 4 aromatic rings. The van der Waals surface area contributed by atoms with Gasteiger partial charge in [-0.2, -0.15) is 4.31 Å². The van der Waals surface area contributed by atoms with Crippen LogP contribution < -0.4 is 4.90 Å². The van der Waals surface area contributed by atoms with Gasteiger partial charge in [0, 0.05) is 18.7 Å². The number of thiazole rings is 1. The predicted molar refractivity (Wildman–Crippen MR) is 152 cm³/mol. The Morgan fingerprint density at radius 3 is 2.24 bits per heavy atom. The number of benzene rings is 3. The van der Waals surface area contributed by atoms with Gasteiger partial charge in [0.2, 0.25) is 10.0 Å². The van der Waals surface area contributed by atoms with Crippen molar-refractivity contribution in [3.05, 3.63) is 114 Å². The van der Waals surface area contributed by atoms with E-state index in [9.17, 15) is 13.2 Å². The van der Waals surface area contributed by atoms with Crippen LogP contribution in [0.2, 0.25) is 0 Å². The molecule has 0 radical (unpaired) electrons. The molecular formula is C29H29N3O3S2. The Hall–Kier alpha value is -3.59. The lowest BCUT2D eigenvalue weighted by Gasteiger charge is -2.21. The second-order valence-corrected chi connectivity index (χ2v) is 11.7. The van der Waals surface area contributed by atoms with Crippen LogP contribution in [0.15, 0.2) is 96.9 Å². The van der Waals surface area contributed by atoms with Gasteiger partial charge >= 0.3 is 0 Å². The number of aromatic nitrogens is 1. The van der Waals surface area contributed by atoms with E-state index in [1.165, 1.54) is 39.9 Å². The summed E-state index contributed by atoms with van der Waals surface area (Å²) in [5, 5.41) is 0.595. The van der Waals surface area contributed by atoms with Crippen LogP contribution >= 0.6 is 11.3 Å². The van der Waals surface area contributed by atoms with Crippen molar-refractivity contribution in [2.75, 3.05) is 18.0 Å². The van der Waals surface area contributed by atoms with Crippen LogP contribution in [0.1, 0.15) is 27.0 Å². The van der Waals surface area contributed by atoms with Gasteiger partial charge in [-0.1, -0.05) is 59.9 Å². The van der Waals surface area contributed by atoms with Crippen LogP contribution in [0.4, 0.5) is 5.13 Å². The van der Waals surface area contributed by atoms with E-state index in [1.807, 2.05) is 44.2 Å². The van der Waals surface area contributed by atoms with E-state index in [0.29, 0.717) is 17.2 Å². The fraction of sp³-hybridized carbons (Fsp3) is 0.172. The summed E-state index contributed by atoms with van der Waals surface area (Å²) in [6, 6.07) is 19.9. The van der Waals surface area contributed by atoms with Crippen LogP contribution in [0.3, 0.4) is 0 Å². The van der Waals surface area contributed by atoms with Crippen molar-refractivity contribution >= 4 is 42.6 Å². The molecule has 190 valence electrons. The molecule has 0 atom stereocenters. The molecule has 0 N–H and O–H groups in total. The second-order valence-electron chi connectivity index (χ2n) is 8.73. The lowest BCUT2D eigenvalue weighted by Crippen LogP contribution is -2.32. The summed E-state index contributed by atoms with van der Waals surface area (Å²) in [5.41, 5.74) is 4.41. The largest absolute Gasteiger partial charge is 0.279 e. The molecule has 0 unspecified atom stereocenters. The smallest absolute Gasteiger partial charge is 0.260 e. The van der Waals surface area contributed by atoms with Crippen LogP contribution in [-0.4, -0.2) is 36.7 Å². The maximum atomic E-state index is 13.8. The number of hydrogen-bond acceptors (Lipinski definition) is 5. The molecule has 0 aliphatic heterocycles. The standard InChI is InChI=1S/C29H29N3O3S2/c1-5-16-31(17-6-2)37(34,35)25-14-12-24(13-15-25)28(33)32(20-23-10-8-7-9-11-23)29-30-27-22(4)18-21(3)19-26(27)36-29/h5-15,18-19H,1-2,16-17,20H2,3-4H3. The highest BCUT2D eigenvalue weighted by Crippen LogP contribution is 2.33. The van der Waals surface area contributed by atoms with Crippen molar-refractivity contribution in [1.29, 1.82) is 0 Å². The summed E-state index contributed by atoms with van der Waals surface area (Å²) in [6.07, 6.45) is 3.06. The van der Waals surface area contributed by atoms with Gasteiger partial charge in [-0.3, -0.25) is 9.69 Å². The van der Waals surface area contributed by atoms with Gasteiger partial charge in [0.15, 0.2) is 5.13 Å². The molecule has 37 heavy (non-hydrogen) atoms. The Kier molecular flexibility index (Phi) is 8.02. The molecule has 0 spiro atoms. The first-order valence-electron chi connectivity index (χ1n) is 11.8. The van der Waals surface area contributed by atoms with E-state index in [4.69, 9.17) is 4.98 Å². The number of hydrogen-bond donors (Lipinski definition) is 0. The molecule has 0 bridgehead atoms. The average Bonchev–Trinajstić information content (AvgIpc) is 3.31. The minimum Gasteiger partial charge on any atom is -0.279 e. The zero-order valence-corrected chi connectivity index (χ0v) is 22.6. The number of amides is 1. The zero-order chi connectivity index (χ0) is 26.6. The van der Waals surface area contributed by atoms with Gasteiger partial charge in [-0.15, -0.1) is 13.2 Å². The first kappa shape index (κ1) is 26.5. The third-order valence-electron chi connectivity index (χ3n) is 5.88. The fourth-order valence-electron chi connectivity index (χ4n) is 4.10. The number of carbonyl (C=O) groups is 1. The molecule has 3 aromatic carbocycles. The summed E-state index contributed by atoms with van der Waals surface area (Å²) in [4.78, 5) is 20.4. The lowest BCUT2D eigenvalue weighted by molar-refractivity contribution is 0.0985. The van der Waals surface area contributed by atoms with E-state index < -0.39 is 10.0 Å². The molecular weight excluding hydrogens is 502 g/mol. The summed E-state index contributed by atoms with van der Waals surface area (Å²) in [5.74, 6) is -0.254. The Bertz CT molecular complexity index is 1530. The van der Waals surface area contributed by atoms with Crippen molar-refractivity contribution in [3.8, 4) is 0 Å². The first-order chi connectivity index (χ1) is 17.7. The molecule has 0 saturated heterocycles. The molecule has 0 fully saturated rings. The molecule has 6 nitrogen and oxygen atoms in total. The highest BCUT2D eigenvalue weighted by Gasteiger charge is 2.25. The van der Waals surface area contributed by atoms with Crippen molar-refractivity contribution in [3.63, 3.8) is 0 Å². The number of nitrogens with zero attached hydrogens (tertiary/aromatic N) is 3. The van der Waals surface area contributed by atoms with Crippen LogP contribution in [0.5, 0.6) is 0 Å². The Balaban J connectivity index is 1.71. The third-order valence-corrected chi connectivity index (χ3v) is 8.75. The number of sulfonamides is 1. The molecule has 0 aliphatic rings. The van der Waals surface area contributed by atoms with Gasteiger partial charge in [0.25, 0.3) is 5.91 Å². The topological polar surface area (TPSA) is 70.6 Å². The van der Waals surface area contributed by atoms with Crippen LogP contribution in [-0.2, 0) is 16.6 Å². The van der Waals surface area contributed by atoms with Gasteiger partial charge in [-0.05, 0) is 60.9 Å². The van der Waals surface area contributed by atoms with Gasteiger partial charge in [0.05, 0.1) is 21.7 Å². The molecule has 1 heterocycles. The van der Waals surface area contributed by atoms with Crippen molar-refractivity contribution in [1.82, 2.24) is 9.29 Å². The van der Waals surface area contributed by atoms with Crippen LogP contribution in [0, 0.1) is 13.8 Å². The first-order valence-corrected chi connectivity index (χ1v) is 14.1. The SMILES string of the molecule is C=CCN(CC=C)S(=O)(=O)c1ccc(C(=O)N(Cc2ccccc2)c2nc3c(C)cc(C)cc3s2)cc1. The monoisotopic (exact) mass is 531 g/mol. The number of carbonyl (C=O) groups excluding carboxylic acids is 1. The lowest BCUT2D eigenvalue weighted by atomic mass is 10.1. The van der Waals surface area contributed by atoms with Crippen molar-refractivity contribution in [2.45, 2.75) is 25.3 Å². The highest BCUT2D eigenvalue weighted by molar-refractivity contribution is 7.89. The number of anilines is 1. The minimum atomic E-state index is -3.76. The van der Waals surface area contributed by atoms with E-state index in [0.717, 1.165) is 26.9 Å². The van der Waals surface area contributed by atoms with Crippen molar-refractivity contribution in [2.24, 2.45) is 0 Å². The van der Waals surface area contributed by atoms with E-state index >= 15 is 0 Å². The second kappa shape index (κ2) is 11.2. The summed E-state index contributed by atoms with van der Waals surface area (Å²) >= 11 is 1.47.